The van der Waals surface area contributed by atoms with E-state index in [1.165, 1.54) is 11.3 Å². The van der Waals surface area contributed by atoms with Crippen LogP contribution in [0.5, 0.6) is 0 Å². The number of amides is 1. The Hall–Kier alpha value is -3.56. The van der Waals surface area contributed by atoms with Gasteiger partial charge < -0.3 is 20.5 Å². The van der Waals surface area contributed by atoms with Crippen molar-refractivity contribution in [3.8, 4) is 0 Å². The van der Waals surface area contributed by atoms with Crippen molar-refractivity contribution in [2.24, 2.45) is 11.7 Å². The predicted octanol–water partition coefficient (Wildman–Crippen LogP) is 3.16. The first kappa shape index (κ1) is 22.2. The van der Waals surface area contributed by atoms with E-state index >= 15 is 0 Å². The number of para-hydroxylation sites is 1. The molecule has 9 heteroatoms. The van der Waals surface area contributed by atoms with E-state index in [9.17, 15) is 9.59 Å². The Bertz CT molecular complexity index is 1420. The van der Waals surface area contributed by atoms with E-state index in [0.717, 1.165) is 41.8 Å². The molecule has 1 aromatic carbocycles. The fraction of sp³-hybridized carbons (Fsp3) is 0.280. The lowest BCUT2D eigenvalue weighted by atomic mass is 9.96. The molecule has 1 fully saturated rings. The van der Waals surface area contributed by atoms with Crippen molar-refractivity contribution in [1.29, 1.82) is 0 Å². The lowest BCUT2D eigenvalue weighted by Gasteiger charge is -2.20. The zero-order valence-electron chi connectivity index (χ0n) is 19.1. The summed E-state index contributed by atoms with van der Waals surface area (Å²) in [6.45, 7) is 2.67. The highest BCUT2D eigenvalue weighted by Crippen LogP contribution is 2.35. The highest BCUT2D eigenvalue weighted by atomic mass is 32.1. The second-order valence-corrected chi connectivity index (χ2v) is 9.80. The van der Waals surface area contributed by atoms with E-state index < -0.39 is 5.91 Å². The second kappa shape index (κ2) is 9.00. The molecule has 34 heavy (non-hydrogen) atoms. The molecular weight excluding hydrogens is 448 g/mol. The molecule has 1 amide bonds. The van der Waals surface area contributed by atoms with Crippen LogP contribution in [0.25, 0.3) is 32.3 Å². The Morgan fingerprint density at radius 2 is 2.09 bits per heavy atom. The summed E-state index contributed by atoms with van der Waals surface area (Å²) < 4.78 is 0. The van der Waals surface area contributed by atoms with Gasteiger partial charge in [0.25, 0.3) is 0 Å². The van der Waals surface area contributed by atoms with Gasteiger partial charge in [-0.3, -0.25) is 9.59 Å². The summed E-state index contributed by atoms with van der Waals surface area (Å²) in [6.07, 6.45) is 3.45. The summed E-state index contributed by atoms with van der Waals surface area (Å²) in [5, 5.41) is 3.48. The number of nitrogens with two attached hydrogens (primary N) is 1. The lowest BCUT2D eigenvalue weighted by Crippen LogP contribution is -2.27. The maximum atomic E-state index is 12.7. The maximum Gasteiger partial charge on any atom is 0.250 e. The van der Waals surface area contributed by atoms with Crippen LogP contribution in [0.15, 0.2) is 41.9 Å². The van der Waals surface area contributed by atoms with Crippen LogP contribution < -0.4 is 10.6 Å². The molecule has 5 rings (SSSR count). The maximum absolute atomic E-state index is 12.7. The Labute approximate surface area is 201 Å². The zero-order valence-corrected chi connectivity index (χ0v) is 19.9. The molecular formula is C25H26N6O2S. The van der Waals surface area contributed by atoms with Crippen molar-refractivity contribution < 1.29 is 9.59 Å². The van der Waals surface area contributed by atoms with Gasteiger partial charge >= 0.3 is 0 Å². The van der Waals surface area contributed by atoms with Crippen LogP contribution in [-0.4, -0.2) is 65.8 Å². The van der Waals surface area contributed by atoms with Crippen LogP contribution in [0.3, 0.4) is 0 Å². The number of nitrogens with one attached hydrogen (secondary N) is 1. The minimum Gasteiger partial charge on any atom is -0.366 e. The molecule has 0 spiro atoms. The molecule has 3 N–H and O–H groups in total. The Morgan fingerprint density at radius 3 is 2.85 bits per heavy atom. The van der Waals surface area contributed by atoms with Crippen molar-refractivity contribution >= 4 is 61.7 Å². The van der Waals surface area contributed by atoms with Gasteiger partial charge in [-0.25, -0.2) is 9.97 Å². The Balaban J connectivity index is 1.69. The standard InChI is InChI=1S/C25H26N6O2S/c1-30(2)12-15-7-9-31(13-15)25-28-20-6-4-3-5-17(20)22(29-25)19(14-32)21(23(26)33)18-11-27-24-16(18)8-10-34-24/h3-6,8,10-11,14-15,27H,7,9,12-13H2,1-2H3,(H2,26,33)/b21-19+. The summed E-state index contributed by atoms with van der Waals surface area (Å²) >= 11 is 1.52. The summed E-state index contributed by atoms with van der Waals surface area (Å²) in [6, 6.07) is 9.46. The van der Waals surface area contributed by atoms with Gasteiger partial charge in [0.1, 0.15) is 4.83 Å². The quantitative estimate of drug-likeness (QED) is 0.315. The van der Waals surface area contributed by atoms with Crippen LogP contribution in [0, 0.1) is 5.92 Å². The van der Waals surface area contributed by atoms with Crippen LogP contribution in [0.1, 0.15) is 17.7 Å². The fourth-order valence-corrected chi connectivity index (χ4v) is 5.56. The second-order valence-electron chi connectivity index (χ2n) is 8.89. The van der Waals surface area contributed by atoms with E-state index in [0.29, 0.717) is 34.8 Å². The van der Waals surface area contributed by atoms with Crippen LogP contribution >= 0.6 is 11.3 Å². The zero-order chi connectivity index (χ0) is 23.8. The average Bonchev–Trinajstić information content (AvgIpc) is 3.54. The molecule has 174 valence electrons. The molecule has 4 heterocycles. The Kier molecular flexibility index (Phi) is 5.89. The Morgan fingerprint density at radius 1 is 1.26 bits per heavy atom. The highest BCUT2D eigenvalue weighted by Gasteiger charge is 2.27. The number of aromatic amines is 1. The first-order valence-electron chi connectivity index (χ1n) is 11.2. The number of thiophene rings is 1. The number of hydrogen-bond acceptors (Lipinski definition) is 7. The molecule has 0 bridgehead atoms. The molecule has 1 saturated heterocycles. The number of fused-ring (bicyclic) bond motifs is 2. The number of primary amides is 1. The number of carbonyl (C=O) groups excluding carboxylic acids is 2. The molecule has 0 saturated carbocycles. The molecule has 0 aliphatic carbocycles. The number of nitrogens with zero attached hydrogens (tertiary/aromatic N) is 4. The van der Waals surface area contributed by atoms with Crippen molar-refractivity contribution in [1.82, 2.24) is 19.9 Å². The van der Waals surface area contributed by atoms with Crippen molar-refractivity contribution in [2.45, 2.75) is 6.42 Å². The lowest BCUT2D eigenvalue weighted by molar-refractivity contribution is -0.113. The van der Waals surface area contributed by atoms with Gasteiger partial charge in [-0.15, -0.1) is 11.3 Å². The van der Waals surface area contributed by atoms with Gasteiger partial charge in [-0.1, -0.05) is 18.2 Å². The molecule has 1 aliphatic rings. The highest BCUT2D eigenvalue weighted by molar-refractivity contribution is 7.16. The largest absolute Gasteiger partial charge is 0.366 e. The number of aldehydes is 1. The monoisotopic (exact) mass is 474 g/mol. The van der Waals surface area contributed by atoms with Gasteiger partial charge in [0.05, 0.1) is 22.4 Å². The SMILES string of the molecule is CN(C)CC1CCN(c2nc(/C(C=O)=C(/C(N)=O)c3c[nH]c4sccc34)c3ccccc3n2)C1. The minimum atomic E-state index is -0.675. The molecule has 4 aromatic rings. The van der Waals surface area contributed by atoms with Crippen molar-refractivity contribution in [3.63, 3.8) is 0 Å². The van der Waals surface area contributed by atoms with Gasteiger partial charge in [0.15, 0.2) is 6.29 Å². The molecule has 8 nitrogen and oxygen atoms in total. The molecule has 3 aromatic heterocycles. The number of aromatic nitrogens is 3. The minimum absolute atomic E-state index is 0.154. The predicted molar refractivity (Wildman–Crippen MR) is 137 cm³/mol. The normalized spacial score (nSPS) is 17.0. The third kappa shape index (κ3) is 3.97. The van der Waals surface area contributed by atoms with E-state index in [-0.39, 0.29) is 11.1 Å². The van der Waals surface area contributed by atoms with Gasteiger partial charge in [0, 0.05) is 42.2 Å². The molecule has 1 atom stereocenters. The number of anilines is 1. The number of benzene rings is 1. The van der Waals surface area contributed by atoms with Crippen molar-refractivity contribution in [3.05, 3.63) is 53.2 Å². The third-order valence-electron chi connectivity index (χ3n) is 6.24. The first-order valence-corrected chi connectivity index (χ1v) is 12.0. The van der Waals surface area contributed by atoms with E-state index in [1.807, 2.05) is 35.7 Å². The van der Waals surface area contributed by atoms with E-state index in [4.69, 9.17) is 15.7 Å². The number of carbonyl (C=O) groups is 2. The van der Waals surface area contributed by atoms with E-state index in [1.54, 1.807) is 6.20 Å². The number of rotatable bonds is 7. The molecule has 1 aliphatic heterocycles. The van der Waals surface area contributed by atoms with Crippen LogP contribution in [0.2, 0.25) is 0 Å². The molecule has 0 radical (unpaired) electrons. The summed E-state index contributed by atoms with van der Waals surface area (Å²) in [5.41, 5.74) is 7.91. The summed E-state index contributed by atoms with van der Waals surface area (Å²) in [7, 11) is 4.15. The van der Waals surface area contributed by atoms with Crippen LogP contribution in [0.4, 0.5) is 5.95 Å². The number of allylic oxidation sites excluding steroid dienone is 1. The van der Waals surface area contributed by atoms with Gasteiger partial charge in [0.2, 0.25) is 11.9 Å². The number of hydrogen-bond donors (Lipinski definition) is 2. The fourth-order valence-electron chi connectivity index (χ4n) is 4.79. The number of H-pyrrole nitrogens is 1. The van der Waals surface area contributed by atoms with Gasteiger partial charge in [-0.2, -0.15) is 0 Å². The van der Waals surface area contributed by atoms with E-state index in [2.05, 4.69) is 28.9 Å². The molecule has 1 unspecified atom stereocenters. The third-order valence-corrected chi connectivity index (χ3v) is 7.09. The topological polar surface area (TPSA) is 108 Å². The summed E-state index contributed by atoms with van der Waals surface area (Å²) in [4.78, 5) is 43.3. The first-order chi connectivity index (χ1) is 16.5. The smallest absolute Gasteiger partial charge is 0.250 e. The van der Waals surface area contributed by atoms with Crippen LogP contribution in [-0.2, 0) is 9.59 Å². The summed E-state index contributed by atoms with van der Waals surface area (Å²) in [5.74, 6) is 0.404. The van der Waals surface area contributed by atoms with Crippen molar-refractivity contribution in [2.75, 3.05) is 38.6 Å². The average molecular weight is 475 g/mol. The van der Waals surface area contributed by atoms with Gasteiger partial charge in [-0.05, 0) is 43.9 Å².